The lowest BCUT2D eigenvalue weighted by atomic mass is 10.1. The minimum absolute atomic E-state index is 0.0141. The molecule has 6 nitrogen and oxygen atoms in total. The van der Waals surface area contributed by atoms with Crippen LogP contribution < -0.4 is 10.2 Å². The summed E-state index contributed by atoms with van der Waals surface area (Å²) in [6, 6.07) is 12.1. The van der Waals surface area contributed by atoms with Crippen LogP contribution in [0.15, 0.2) is 66.6 Å². The summed E-state index contributed by atoms with van der Waals surface area (Å²) in [5.74, 6) is 0. The van der Waals surface area contributed by atoms with Crippen LogP contribution in [-0.4, -0.2) is 52.7 Å². The molecule has 0 aliphatic heterocycles. The lowest BCUT2D eigenvalue weighted by molar-refractivity contribution is -0.136. The van der Waals surface area contributed by atoms with Gasteiger partial charge in [-0.2, -0.15) is 13.2 Å². The van der Waals surface area contributed by atoms with Crippen molar-refractivity contribution in [3.63, 3.8) is 0 Å². The second-order valence-corrected chi connectivity index (χ2v) is 9.21. The van der Waals surface area contributed by atoms with Crippen LogP contribution in [0.1, 0.15) is 19.4 Å². The van der Waals surface area contributed by atoms with Gasteiger partial charge >= 0.3 is 6.18 Å². The maximum absolute atomic E-state index is 14.0. The number of aromatic nitrogens is 3. The van der Waals surface area contributed by atoms with Crippen molar-refractivity contribution in [1.82, 2.24) is 19.4 Å². The molecular formula is C26H29F3N6S. The van der Waals surface area contributed by atoms with E-state index < -0.39 is 11.7 Å². The molecule has 10 heteroatoms. The van der Waals surface area contributed by atoms with E-state index >= 15 is 0 Å². The summed E-state index contributed by atoms with van der Waals surface area (Å²) in [7, 11) is 1.82. The van der Waals surface area contributed by atoms with E-state index in [9.17, 15) is 13.2 Å². The monoisotopic (exact) mass is 514 g/mol. The minimum atomic E-state index is -4.50. The van der Waals surface area contributed by atoms with Crippen molar-refractivity contribution in [2.75, 3.05) is 43.4 Å². The average molecular weight is 515 g/mol. The molecule has 2 aromatic carbocycles. The second kappa shape index (κ2) is 11.1. The summed E-state index contributed by atoms with van der Waals surface area (Å²) in [4.78, 5) is 12.7. The molecule has 0 bridgehead atoms. The van der Waals surface area contributed by atoms with Gasteiger partial charge in [0, 0.05) is 54.8 Å². The zero-order valence-corrected chi connectivity index (χ0v) is 21.3. The van der Waals surface area contributed by atoms with Crippen molar-refractivity contribution < 1.29 is 13.2 Å². The Bertz CT molecular complexity index is 1250. The predicted octanol–water partition coefficient (Wildman–Crippen LogP) is 6.54. The van der Waals surface area contributed by atoms with Crippen LogP contribution in [0.2, 0.25) is 0 Å². The van der Waals surface area contributed by atoms with E-state index in [1.54, 1.807) is 18.6 Å². The number of imidazole rings is 1. The number of anilines is 3. The van der Waals surface area contributed by atoms with Crippen LogP contribution in [0.5, 0.6) is 0 Å². The normalized spacial score (nSPS) is 11.8. The first-order chi connectivity index (χ1) is 17.3. The third kappa shape index (κ3) is 6.06. The number of hydrogen-bond donors (Lipinski definition) is 1. The van der Waals surface area contributed by atoms with Gasteiger partial charge in [-0.05, 0) is 43.4 Å². The third-order valence-corrected chi connectivity index (χ3v) is 6.86. The number of likely N-dealkylation sites (N-methyl/N-ethyl adjacent to an activating group) is 2. The molecule has 0 saturated heterocycles. The number of thiazole rings is 1. The third-order valence-electron chi connectivity index (χ3n) is 6.11. The minimum Gasteiger partial charge on any atom is -0.373 e. The molecule has 36 heavy (non-hydrogen) atoms. The largest absolute Gasteiger partial charge is 0.418 e. The molecule has 0 atom stereocenters. The quantitative estimate of drug-likeness (QED) is 0.261. The molecule has 0 radical (unpaired) electrons. The van der Waals surface area contributed by atoms with E-state index in [1.165, 1.54) is 23.5 Å². The first-order valence-corrected chi connectivity index (χ1v) is 12.6. The molecule has 0 spiro atoms. The Kier molecular flexibility index (Phi) is 7.95. The molecule has 0 unspecified atom stereocenters. The molecule has 1 N–H and O–H groups in total. The van der Waals surface area contributed by atoms with Gasteiger partial charge in [-0.3, -0.25) is 0 Å². The van der Waals surface area contributed by atoms with E-state index in [1.807, 2.05) is 52.4 Å². The average Bonchev–Trinajstić information content (AvgIpc) is 3.57. The Labute approximate surface area is 213 Å². The number of nitrogens with zero attached hydrogens (tertiary/aromatic N) is 5. The van der Waals surface area contributed by atoms with Gasteiger partial charge in [0.2, 0.25) is 0 Å². The van der Waals surface area contributed by atoms with Crippen molar-refractivity contribution in [1.29, 1.82) is 0 Å². The highest BCUT2D eigenvalue weighted by atomic mass is 32.1. The number of alkyl halides is 3. The molecule has 0 fully saturated rings. The van der Waals surface area contributed by atoms with Crippen molar-refractivity contribution in [2.24, 2.45) is 0 Å². The van der Waals surface area contributed by atoms with Gasteiger partial charge in [0.05, 0.1) is 23.3 Å². The SMILES string of the molecule is CCN(CC)CCN(C)c1ccc(Nc2nc(-c3ccc(-n4ccnc4)cc3)cs2)c(C(F)(F)F)c1. The summed E-state index contributed by atoms with van der Waals surface area (Å²) in [5, 5.41) is 5.12. The molecule has 0 amide bonds. The second-order valence-electron chi connectivity index (χ2n) is 8.36. The van der Waals surface area contributed by atoms with E-state index in [2.05, 4.69) is 34.0 Å². The number of benzene rings is 2. The molecule has 190 valence electrons. The first kappa shape index (κ1) is 25.7. The summed E-state index contributed by atoms with van der Waals surface area (Å²) < 4.78 is 43.7. The fourth-order valence-electron chi connectivity index (χ4n) is 3.87. The van der Waals surface area contributed by atoms with Gasteiger partial charge in [-0.15, -0.1) is 11.3 Å². The zero-order chi connectivity index (χ0) is 25.7. The van der Waals surface area contributed by atoms with E-state index in [0.717, 1.165) is 30.9 Å². The van der Waals surface area contributed by atoms with Crippen LogP contribution in [0.3, 0.4) is 0 Å². The maximum Gasteiger partial charge on any atom is 0.418 e. The van der Waals surface area contributed by atoms with Crippen LogP contribution >= 0.6 is 11.3 Å². The molecule has 0 aliphatic carbocycles. The molecule has 4 rings (SSSR count). The topological polar surface area (TPSA) is 49.2 Å². The van der Waals surface area contributed by atoms with Gasteiger partial charge in [-0.1, -0.05) is 26.0 Å². The van der Waals surface area contributed by atoms with Gasteiger partial charge < -0.3 is 19.7 Å². The Hall–Kier alpha value is -3.37. The van der Waals surface area contributed by atoms with Crippen LogP contribution in [0.4, 0.5) is 29.7 Å². The number of rotatable bonds is 10. The zero-order valence-electron chi connectivity index (χ0n) is 20.5. The van der Waals surface area contributed by atoms with E-state index in [4.69, 9.17) is 0 Å². The smallest absolute Gasteiger partial charge is 0.373 e. The molecule has 2 heterocycles. The standard InChI is InChI=1S/C26H29F3N6S/c1-4-34(5-2)15-14-33(3)21-10-11-23(22(16-21)26(27,28)29)31-25-32-24(17-36-25)19-6-8-20(9-7-19)35-13-12-30-18-35/h6-13,16-18H,4-5,14-15H2,1-3H3,(H,31,32). The van der Waals surface area contributed by atoms with Crippen LogP contribution in [-0.2, 0) is 6.18 Å². The number of hydrogen-bond acceptors (Lipinski definition) is 6. The highest BCUT2D eigenvalue weighted by molar-refractivity contribution is 7.14. The first-order valence-electron chi connectivity index (χ1n) is 11.7. The fraction of sp³-hybridized carbons (Fsp3) is 0.308. The number of nitrogens with one attached hydrogen (secondary N) is 1. The Morgan fingerprint density at radius 2 is 1.78 bits per heavy atom. The van der Waals surface area contributed by atoms with Crippen LogP contribution in [0, 0.1) is 0 Å². The molecule has 4 aromatic rings. The maximum atomic E-state index is 14.0. The van der Waals surface area contributed by atoms with Crippen LogP contribution in [0.25, 0.3) is 16.9 Å². The lowest BCUT2D eigenvalue weighted by Crippen LogP contribution is -2.33. The Morgan fingerprint density at radius 3 is 2.42 bits per heavy atom. The summed E-state index contributed by atoms with van der Waals surface area (Å²) in [6.45, 7) is 7.40. The Balaban J connectivity index is 1.51. The highest BCUT2D eigenvalue weighted by Crippen LogP contribution is 2.39. The fourth-order valence-corrected chi connectivity index (χ4v) is 4.60. The van der Waals surface area contributed by atoms with Crippen molar-refractivity contribution in [3.8, 4) is 16.9 Å². The van der Waals surface area contributed by atoms with Crippen molar-refractivity contribution in [3.05, 3.63) is 72.1 Å². The van der Waals surface area contributed by atoms with Gasteiger partial charge in [-0.25, -0.2) is 9.97 Å². The molecule has 0 saturated carbocycles. The lowest BCUT2D eigenvalue weighted by Gasteiger charge is -2.25. The summed E-state index contributed by atoms with van der Waals surface area (Å²) in [6.07, 6.45) is 0.776. The molecule has 2 aromatic heterocycles. The predicted molar refractivity (Wildman–Crippen MR) is 140 cm³/mol. The van der Waals surface area contributed by atoms with Gasteiger partial charge in [0.25, 0.3) is 0 Å². The van der Waals surface area contributed by atoms with Gasteiger partial charge in [0.15, 0.2) is 5.13 Å². The van der Waals surface area contributed by atoms with Gasteiger partial charge in [0.1, 0.15) is 0 Å². The molecule has 0 aliphatic rings. The summed E-state index contributed by atoms with van der Waals surface area (Å²) >= 11 is 1.27. The Morgan fingerprint density at radius 1 is 1.03 bits per heavy atom. The summed E-state index contributed by atoms with van der Waals surface area (Å²) in [5.41, 5.74) is 2.33. The van der Waals surface area contributed by atoms with Crippen molar-refractivity contribution >= 4 is 27.8 Å². The van der Waals surface area contributed by atoms with E-state index in [0.29, 0.717) is 23.1 Å². The van der Waals surface area contributed by atoms with E-state index in [-0.39, 0.29) is 5.69 Å². The molecular weight excluding hydrogens is 485 g/mol. The number of halogens is 3. The highest BCUT2D eigenvalue weighted by Gasteiger charge is 2.34. The van der Waals surface area contributed by atoms with Crippen molar-refractivity contribution in [2.45, 2.75) is 20.0 Å².